The van der Waals surface area contributed by atoms with Crippen LogP contribution in [0.3, 0.4) is 0 Å². The largest absolute Gasteiger partial charge is 0.489 e. The Morgan fingerprint density at radius 3 is 2.09 bits per heavy atom. The van der Waals surface area contributed by atoms with Gasteiger partial charge in [-0.25, -0.2) is 0 Å². The van der Waals surface area contributed by atoms with Crippen LogP contribution in [-0.2, 0) is 49.9 Å². The molecule has 4 aromatic rings. The van der Waals surface area contributed by atoms with Crippen molar-refractivity contribution >= 4 is 17.8 Å². The van der Waals surface area contributed by atoms with Crippen molar-refractivity contribution in [1.29, 1.82) is 0 Å². The highest BCUT2D eigenvalue weighted by atomic mass is 16.5. The molecule has 0 aliphatic carbocycles. The van der Waals surface area contributed by atoms with E-state index in [0.29, 0.717) is 45.3 Å². The number of ether oxygens (including phenoxy) is 3. The number of amides is 2. The summed E-state index contributed by atoms with van der Waals surface area (Å²) in [4.78, 5) is 40.4. The molecule has 2 amide bonds. The molecule has 53 heavy (non-hydrogen) atoms. The lowest BCUT2D eigenvalue weighted by Gasteiger charge is -2.24. The minimum absolute atomic E-state index is 0.0559. The van der Waals surface area contributed by atoms with Gasteiger partial charge in [0.1, 0.15) is 19.0 Å². The maximum Gasteiger partial charge on any atom is 0.309 e. The predicted molar refractivity (Wildman–Crippen MR) is 204 cm³/mol. The van der Waals surface area contributed by atoms with Crippen molar-refractivity contribution in [3.63, 3.8) is 0 Å². The second kappa shape index (κ2) is 21.3. The van der Waals surface area contributed by atoms with Gasteiger partial charge in [0, 0.05) is 6.42 Å². The highest BCUT2D eigenvalue weighted by Gasteiger charge is 2.27. The number of esters is 1. The summed E-state index contributed by atoms with van der Waals surface area (Å²) in [5.74, 6) is -1.29. The number of hydrogen-bond acceptors (Lipinski definition) is 7. The van der Waals surface area contributed by atoms with Crippen LogP contribution in [0, 0.1) is 11.8 Å². The van der Waals surface area contributed by atoms with Crippen LogP contribution in [0.25, 0.3) is 0 Å². The number of cyclic esters (lactones) is 1. The van der Waals surface area contributed by atoms with Gasteiger partial charge >= 0.3 is 5.97 Å². The summed E-state index contributed by atoms with van der Waals surface area (Å²) in [5.41, 5.74) is 4.03. The van der Waals surface area contributed by atoms with Crippen molar-refractivity contribution in [1.82, 2.24) is 10.6 Å². The number of hydrogen-bond donors (Lipinski definition) is 3. The Morgan fingerprint density at radius 2 is 1.43 bits per heavy atom. The summed E-state index contributed by atoms with van der Waals surface area (Å²) >= 11 is 0. The van der Waals surface area contributed by atoms with Crippen molar-refractivity contribution in [2.24, 2.45) is 11.8 Å². The van der Waals surface area contributed by atoms with Gasteiger partial charge in [0.2, 0.25) is 11.8 Å². The summed E-state index contributed by atoms with van der Waals surface area (Å²) in [6.07, 6.45) is 6.31. The Labute approximate surface area is 312 Å². The molecule has 0 bridgehead atoms. The Hall–Kier alpha value is -5.25. The molecule has 0 saturated heterocycles. The van der Waals surface area contributed by atoms with E-state index in [1.807, 2.05) is 127 Å². The van der Waals surface area contributed by atoms with Crippen LogP contribution >= 0.6 is 0 Å². The normalized spacial score (nSPS) is 18.7. The monoisotopic (exact) mass is 718 g/mol. The molecule has 9 heteroatoms. The first-order chi connectivity index (χ1) is 25.9. The Balaban J connectivity index is 1.20. The van der Waals surface area contributed by atoms with E-state index in [1.165, 1.54) is 0 Å². The van der Waals surface area contributed by atoms with Gasteiger partial charge in [-0.1, -0.05) is 115 Å². The zero-order valence-electron chi connectivity index (χ0n) is 30.1. The molecular weight excluding hydrogens is 668 g/mol. The molecular formula is C44H50N2O7. The Bertz CT molecular complexity index is 1720. The Kier molecular flexibility index (Phi) is 15.7. The lowest BCUT2D eigenvalue weighted by molar-refractivity contribution is -0.150. The SMILES string of the molecule is O=C(CC1CC=CCCC(Cc2ccccc2)C(=O)OCC(COCc2ccccc2)NC1=O)NC(CO)Cc1ccc(OCc2ccccc2)cc1. The van der Waals surface area contributed by atoms with Gasteiger partial charge < -0.3 is 30.0 Å². The molecule has 0 spiro atoms. The van der Waals surface area contributed by atoms with E-state index in [4.69, 9.17) is 14.2 Å². The minimum Gasteiger partial charge on any atom is -0.489 e. The van der Waals surface area contributed by atoms with E-state index in [2.05, 4.69) is 10.6 Å². The van der Waals surface area contributed by atoms with Gasteiger partial charge in [0.25, 0.3) is 0 Å². The molecule has 0 radical (unpaired) electrons. The van der Waals surface area contributed by atoms with Crippen molar-refractivity contribution in [3.8, 4) is 5.75 Å². The van der Waals surface area contributed by atoms with Gasteiger partial charge in [0.15, 0.2) is 0 Å². The highest BCUT2D eigenvalue weighted by Crippen LogP contribution is 2.20. The summed E-state index contributed by atoms with van der Waals surface area (Å²) in [6, 6.07) is 35.9. The number of allylic oxidation sites excluding steroid dienone is 2. The topological polar surface area (TPSA) is 123 Å². The first-order valence-corrected chi connectivity index (χ1v) is 18.4. The molecule has 0 aromatic heterocycles. The Morgan fingerprint density at radius 1 is 0.792 bits per heavy atom. The van der Waals surface area contributed by atoms with E-state index in [-0.39, 0.29) is 49.9 Å². The zero-order chi connectivity index (χ0) is 37.1. The fourth-order valence-electron chi connectivity index (χ4n) is 6.22. The molecule has 1 heterocycles. The minimum atomic E-state index is -0.681. The van der Waals surface area contributed by atoms with E-state index in [0.717, 1.165) is 28.0 Å². The third-order valence-corrected chi connectivity index (χ3v) is 9.17. The van der Waals surface area contributed by atoms with Crippen LogP contribution in [0.1, 0.15) is 47.9 Å². The number of carbonyl (C=O) groups excluding carboxylic acids is 3. The fourth-order valence-corrected chi connectivity index (χ4v) is 6.22. The van der Waals surface area contributed by atoms with Crippen LogP contribution in [0.15, 0.2) is 127 Å². The second-order valence-corrected chi connectivity index (χ2v) is 13.5. The number of aliphatic hydroxyl groups excluding tert-OH is 1. The first-order valence-electron chi connectivity index (χ1n) is 18.4. The van der Waals surface area contributed by atoms with Crippen LogP contribution in [0.2, 0.25) is 0 Å². The van der Waals surface area contributed by atoms with E-state index in [1.54, 1.807) is 0 Å². The molecule has 0 saturated carbocycles. The number of rotatable bonds is 15. The zero-order valence-corrected chi connectivity index (χ0v) is 30.1. The van der Waals surface area contributed by atoms with Crippen LogP contribution in [0.5, 0.6) is 5.75 Å². The number of nitrogens with one attached hydrogen (secondary N) is 2. The number of aliphatic hydroxyl groups is 1. The molecule has 1 aliphatic heterocycles. The third-order valence-electron chi connectivity index (χ3n) is 9.17. The van der Waals surface area contributed by atoms with Gasteiger partial charge in [-0.3, -0.25) is 14.4 Å². The van der Waals surface area contributed by atoms with Crippen molar-refractivity contribution in [2.45, 2.75) is 63.8 Å². The van der Waals surface area contributed by atoms with Gasteiger partial charge in [-0.05, 0) is 66.5 Å². The van der Waals surface area contributed by atoms with E-state index < -0.39 is 18.0 Å². The van der Waals surface area contributed by atoms with Gasteiger partial charge in [-0.15, -0.1) is 0 Å². The van der Waals surface area contributed by atoms with Gasteiger partial charge in [0.05, 0.1) is 43.7 Å². The number of benzene rings is 4. The fraction of sp³-hybridized carbons (Fsp3) is 0.341. The summed E-state index contributed by atoms with van der Waals surface area (Å²) in [7, 11) is 0. The summed E-state index contributed by atoms with van der Waals surface area (Å²) in [5, 5.41) is 16.1. The maximum absolute atomic E-state index is 13.7. The predicted octanol–water partition coefficient (Wildman–Crippen LogP) is 6.14. The van der Waals surface area contributed by atoms with Crippen LogP contribution in [0.4, 0.5) is 0 Å². The van der Waals surface area contributed by atoms with Gasteiger partial charge in [-0.2, -0.15) is 0 Å². The van der Waals surface area contributed by atoms with E-state index in [9.17, 15) is 19.5 Å². The van der Waals surface area contributed by atoms with E-state index >= 15 is 0 Å². The van der Waals surface area contributed by atoms with Crippen molar-refractivity contribution < 1.29 is 33.7 Å². The molecule has 4 unspecified atom stereocenters. The van der Waals surface area contributed by atoms with Crippen molar-refractivity contribution in [2.75, 3.05) is 19.8 Å². The molecule has 278 valence electrons. The van der Waals surface area contributed by atoms with Crippen molar-refractivity contribution in [3.05, 3.63) is 150 Å². The molecule has 5 rings (SSSR count). The lowest BCUT2D eigenvalue weighted by Crippen LogP contribution is -2.46. The molecule has 4 aromatic carbocycles. The lowest BCUT2D eigenvalue weighted by atomic mass is 9.94. The third kappa shape index (κ3) is 13.7. The highest BCUT2D eigenvalue weighted by molar-refractivity contribution is 5.86. The molecule has 0 fully saturated rings. The number of carbonyl (C=O) groups is 3. The maximum atomic E-state index is 13.7. The average Bonchev–Trinajstić information content (AvgIpc) is 3.19. The average molecular weight is 719 g/mol. The molecule has 9 nitrogen and oxygen atoms in total. The van der Waals surface area contributed by atoms with Crippen LogP contribution in [-0.4, -0.2) is 54.8 Å². The summed E-state index contributed by atoms with van der Waals surface area (Å²) in [6.45, 7) is 0.596. The molecule has 3 N–H and O–H groups in total. The smallest absolute Gasteiger partial charge is 0.309 e. The quantitative estimate of drug-likeness (QED) is 0.0998. The summed E-state index contributed by atoms with van der Waals surface area (Å²) < 4.78 is 17.7. The molecule has 1 aliphatic rings. The van der Waals surface area contributed by atoms with Crippen LogP contribution < -0.4 is 15.4 Å². The second-order valence-electron chi connectivity index (χ2n) is 13.5. The molecule has 4 atom stereocenters. The first kappa shape index (κ1) is 39.0. The standard InChI is InChI=1S/C44H50N2O7/c47-28-39(26-34-21-23-41(24-22-34)52-30-36-17-9-3-10-18-36)45-42(48)27-37-19-11-4-12-20-38(25-33-13-5-1-6-14-33)44(50)53-32-40(46-43(37)49)31-51-29-35-15-7-2-8-16-35/h1-11,13-18,21-24,37-40,47H,12,19-20,25-32H2,(H,45,48)(H,46,49).